The lowest BCUT2D eigenvalue weighted by Gasteiger charge is -2.20. The van der Waals surface area contributed by atoms with Gasteiger partial charge in [0.25, 0.3) is 20.2 Å². The first-order valence-electron chi connectivity index (χ1n) is 9.22. The Bertz CT molecular complexity index is 1470. The third-order valence-corrected chi connectivity index (χ3v) is 6.98. The predicted octanol–water partition coefficient (Wildman–Crippen LogP) is 4.17. The van der Waals surface area contributed by atoms with E-state index >= 15 is 0 Å². The minimum Gasteiger partial charge on any atom is -0.495 e. The molecule has 0 aliphatic rings. The fourth-order valence-corrected chi connectivity index (χ4v) is 5.65. The topological polar surface area (TPSA) is 127 Å². The van der Waals surface area contributed by atoms with E-state index in [1.807, 2.05) is 0 Å². The Morgan fingerprint density at radius 3 is 1.28 bits per heavy atom. The van der Waals surface area contributed by atoms with Gasteiger partial charge in [0, 0.05) is 11.1 Å². The molecule has 0 aliphatic heterocycles. The zero-order valence-corrected chi connectivity index (χ0v) is 18.6. The molecule has 0 atom stereocenters. The summed E-state index contributed by atoms with van der Waals surface area (Å²) in [5, 5.41) is 1.70. The number of hydrogen-bond donors (Lipinski definition) is 2. The molecule has 0 radical (unpaired) electrons. The third-order valence-electron chi connectivity index (χ3n) is 5.14. The van der Waals surface area contributed by atoms with Gasteiger partial charge in [-0.15, -0.1) is 0 Å². The van der Waals surface area contributed by atoms with Crippen LogP contribution in [0.5, 0.6) is 11.5 Å². The predicted molar refractivity (Wildman–Crippen MR) is 120 cm³/mol. The van der Waals surface area contributed by atoms with Gasteiger partial charge in [-0.25, -0.2) is 0 Å². The van der Waals surface area contributed by atoms with Crippen LogP contribution in [0.1, 0.15) is 0 Å². The highest BCUT2D eigenvalue weighted by molar-refractivity contribution is 7.86. The Morgan fingerprint density at radius 2 is 0.969 bits per heavy atom. The largest absolute Gasteiger partial charge is 0.495 e. The Balaban J connectivity index is 2.43. The highest BCUT2D eigenvalue weighted by Crippen LogP contribution is 2.48. The van der Waals surface area contributed by atoms with E-state index in [0.29, 0.717) is 21.5 Å². The van der Waals surface area contributed by atoms with Crippen LogP contribution in [0, 0.1) is 0 Å². The summed E-state index contributed by atoms with van der Waals surface area (Å²) in [4.78, 5) is -1.25. The normalized spacial score (nSPS) is 12.2. The number of hydrogen-bond acceptors (Lipinski definition) is 6. The van der Waals surface area contributed by atoms with Crippen LogP contribution >= 0.6 is 0 Å². The lowest BCUT2D eigenvalue weighted by Crippen LogP contribution is -2.09. The molecule has 166 valence electrons. The van der Waals surface area contributed by atoms with Crippen molar-refractivity contribution in [2.75, 3.05) is 14.2 Å². The van der Waals surface area contributed by atoms with Crippen LogP contribution in [-0.2, 0) is 20.2 Å². The summed E-state index contributed by atoms with van der Waals surface area (Å²) in [6.07, 6.45) is 0. The van der Waals surface area contributed by atoms with Gasteiger partial charge in [0.1, 0.15) is 21.3 Å². The minimum atomic E-state index is -4.91. The van der Waals surface area contributed by atoms with Gasteiger partial charge in [0.15, 0.2) is 0 Å². The molecule has 0 amide bonds. The average molecular weight is 475 g/mol. The maximum Gasteiger partial charge on any atom is 0.298 e. The summed E-state index contributed by atoms with van der Waals surface area (Å²) in [6, 6.07) is 16.1. The second-order valence-corrected chi connectivity index (χ2v) is 9.68. The summed E-state index contributed by atoms with van der Waals surface area (Å²) in [7, 11) is -7.35. The first-order chi connectivity index (χ1) is 15.1. The van der Waals surface area contributed by atoms with Crippen molar-refractivity contribution in [3.8, 4) is 22.6 Å². The van der Waals surface area contributed by atoms with Gasteiger partial charge in [-0.1, -0.05) is 48.5 Å². The fourth-order valence-electron chi connectivity index (χ4n) is 3.92. The Kier molecular flexibility index (Phi) is 5.33. The lowest BCUT2D eigenvalue weighted by molar-refractivity contribution is 0.396. The van der Waals surface area contributed by atoms with Gasteiger partial charge in [0.2, 0.25) is 0 Å². The van der Waals surface area contributed by atoms with Crippen molar-refractivity contribution in [2.24, 2.45) is 0 Å². The number of rotatable bonds is 5. The second kappa shape index (κ2) is 7.75. The molecule has 0 unspecified atom stereocenters. The van der Waals surface area contributed by atoms with Crippen LogP contribution in [0.2, 0.25) is 0 Å². The standard InChI is InChI=1S/C22H18O8S2/c1-29-17-11-13-7-3-5-9-15(13)19(21(17)31(23,24)25)20-16-10-6-4-8-14(16)12-18(30-2)22(20)32(26,27)28/h3-12H,1-2H3,(H,23,24,25)(H,26,27,28). The Labute approximate surface area is 184 Å². The molecule has 4 aromatic carbocycles. The minimum absolute atomic E-state index is 0.134. The van der Waals surface area contributed by atoms with Crippen LogP contribution in [0.15, 0.2) is 70.5 Å². The van der Waals surface area contributed by atoms with Gasteiger partial charge < -0.3 is 9.47 Å². The van der Waals surface area contributed by atoms with Crippen molar-refractivity contribution in [3.63, 3.8) is 0 Å². The van der Waals surface area contributed by atoms with Crippen LogP contribution in [0.3, 0.4) is 0 Å². The summed E-state index contributed by atoms with van der Waals surface area (Å²) in [5.74, 6) is -0.372. The molecule has 0 saturated carbocycles. The van der Waals surface area contributed by atoms with Crippen molar-refractivity contribution in [1.82, 2.24) is 0 Å². The molecular weight excluding hydrogens is 456 g/mol. The molecule has 4 aromatic rings. The van der Waals surface area contributed by atoms with E-state index in [1.54, 1.807) is 48.5 Å². The average Bonchev–Trinajstić information content (AvgIpc) is 2.75. The lowest BCUT2D eigenvalue weighted by atomic mass is 9.93. The fraction of sp³-hybridized carbons (Fsp3) is 0.0909. The van der Waals surface area contributed by atoms with Crippen molar-refractivity contribution < 1.29 is 35.4 Å². The number of ether oxygens (including phenoxy) is 2. The molecule has 8 nitrogen and oxygen atoms in total. The summed E-state index contributed by atoms with van der Waals surface area (Å²) >= 11 is 0. The zero-order chi connectivity index (χ0) is 23.3. The SMILES string of the molecule is COc1cc2ccccc2c(-c2c(S(=O)(=O)O)c(OC)cc3ccccc23)c1S(=O)(=O)O. The molecule has 0 saturated heterocycles. The van der Waals surface area contributed by atoms with Gasteiger partial charge in [0.05, 0.1) is 14.2 Å². The van der Waals surface area contributed by atoms with E-state index in [1.165, 1.54) is 26.4 Å². The van der Waals surface area contributed by atoms with Crippen molar-refractivity contribution >= 4 is 41.8 Å². The van der Waals surface area contributed by atoms with Crippen LogP contribution in [-0.4, -0.2) is 40.2 Å². The van der Waals surface area contributed by atoms with E-state index in [2.05, 4.69) is 0 Å². The summed E-state index contributed by atoms with van der Waals surface area (Å²) in [5.41, 5.74) is -0.268. The number of benzene rings is 4. The molecule has 2 N–H and O–H groups in total. The summed E-state index contributed by atoms with van der Waals surface area (Å²) in [6.45, 7) is 0. The monoisotopic (exact) mass is 474 g/mol. The van der Waals surface area contributed by atoms with Gasteiger partial charge in [-0.05, 0) is 33.7 Å². The van der Waals surface area contributed by atoms with E-state index < -0.39 is 30.0 Å². The number of methoxy groups -OCH3 is 2. The van der Waals surface area contributed by atoms with Crippen molar-refractivity contribution in [1.29, 1.82) is 0 Å². The molecule has 0 bridgehead atoms. The van der Waals surface area contributed by atoms with Gasteiger partial charge in [-0.3, -0.25) is 9.11 Å². The molecular formula is C22H18O8S2. The molecule has 0 fully saturated rings. The maximum atomic E-state index is 12.5. The highest BCUT2D eigenvalue weighted by atomic mass is 32.2. The Hall–Kier alpha value is -3.18. The molecule has 0 aliphatic carbocycles. The molecule has 4 rings (SSSR count). The van der Waals surface area contributed by atoms with Gasteiger partial charge >= 0.3 is 0 Å². The second-order valence-electron chi connectivity index (χ2n) is 6.96. The van der Waals surface area contributed by atoms with E-state index in [-0.39, 0.29) is 22.6 Å². The van der Waals surface area contributed by atoms with E-state index in [9.17, 15) is 25.9 Å². The quantitative estimate of drug-likeness (QED) is 0.413. The first-order valence-corrected chi connectivity index (χ1v) is 12.1. The smallest absolute Gasteiger partial charge is 0.298 e. The van der Waals surface area contributed by atoms with Crippen molar-refractivity contribution in [2.45, 2.75) is 9.79 Å². The Morgan fingerprint density at radius 1 is 0.625 bits per heavy atom. The van der Waals surface area contributed by atoms with Crippen molar-refractivity contribution in [3.05, 3.63) is 60.7 Å². The zero-order valence-electron chi connectivity index (χ0n) is 16.9. The molecule has 32 heavy (non-hydrogen) atoms. The van der Waals surface area contributed by atoms with E-state index in [0.717, 1.165) is 0 Å². The molecule has 0 aromatic heterocycles. The first kappa shape index (κ1) is 22.0. The number of fused-ring (bicyclic) bond motifs is 2. The van der Waals surface area contributed by atoms with E-state index in [4.69, 9.17) is 9.47 Å². The molecule has 0 spiro atoms. The molecule has 0 heterocycles. The third kappa shape index (κ3) is 3.56. The van der Waals surface area contributed by atoms with Crippen LogP contribution in [0.4, 0.5) is 0 Å². The molecule has 10 heteroatoms. The highest BCUT2D eigenvalue weighted by Gasteiger charge is 2.32. The maximum absolute atomic E-state index is 12.5. The van der Waals surface area contributed by atoms with Gasteiger partial charge in [-0.2, -0.15) is 16.8 Å². The van der Waals surface area contributed by atoms with Crippen LogP contribution in [0.25, 0.3) is 32.7 Å². The van der Waals surface area contributed by atoms with Crippen LogP contribution < -0.4 is 9.47 Å². The summed E-state index contributed by atoms with van der Waals surface area (Å²) < 4.78 is 80.9.